The molecule has 1 aliphatic rings. The Morgan fingerprint density at radius 2 is 2.06 bits per heavy atom. The quantitative estimate of drug-likeness (QED) is 0.875. The molecule has 0 amide bonds. The van der Waals surface area contributed by atoms with Crippen LogP contribution in [0.15, 0.2) is 24.3 Å². The maximum Gasteiger partial charge on any atom is 0.0807 e. The zero-order valence-electron chi connectivity index (χ0n) is 11.6. The average molecular weight is 247 g/mol. The van der Waals surface area contributed by atoms with Crippen LogP contribution in [-0.4, -0.2) is 17.7 Å². The van der Waals surface area contributed by atoms with Gasteiger partial charge in [-0.2, -0.15) is 0 Å². The van der Waals surface area contributed by atoms with Crippen LogP contribution in [0, 0.1) is 0 Å². The Bertz CT molecular complexity index is 377. The summed E-state index contributed by atoms with van der Waals surface area (Å²) in [4.78, 5) is 2.49. The average Bonchev–Trinajstić information content (AvgIpc) is 2.62. The van der Waals surface area contributed by atoms with Gasteiger partial charge in [0.15, 0.2) is 0 Å². The Morgan fingerprint density at radius 1 is 1.28 bits per heavy atom. The van der Waals surface area contributed by atoms with Crippen LogP contribution in [0.2, 0.25) is 0 Å². The van der Waals surface area contributed by atoms with Crippen molar-refractivity contribution >= 4 is 5.69 Å². The van der Waals surface area contributed by atoms with Gasteiger partial charge in [-0.3, -0.25) is 0 Å². The third-order valence-electron chi connectivity index (χ3n) is 4.04. The highest BCUT2D eigenvalue weighted by atomic mass is 16.3. The first-order valence-electron chi connectivity index (χ1n) is 7.27. The normalized spacial score (nSPS) is 22.6. The second kappa shape index (κ2) is 6.24. The number of hydrogen-bond acceptors (Lipinski definition) is 2. The lowest BCUT2D eigenvalue weighted by molar-refractivity contribution is 0.174. The van der Waals surface area contributed by atoms with E-state index in [9.17, 15) is 5.11 Å². The fourth-order valence-corrected chi connectivity index (χ4v) is 2.88. The highest BCUT2D eigenvalue weighted by molar-refractivity contribution is 5.55. The smallest absolute Gasteiger partial charge is 0.0807 e. The number of para-hydroxylation sites is 1. The van der Waals surface area contributed by atoms with E-state index in [2.05, 4.69) is 30.0 Å². The lowest BCUT2D eigenvalue weighted by atomic mass is 10.0. The molecule has 2 nitrogen and oxygen atoms in total. The third-order valence-corrected chi connectivity index (χ3v) is 4.04. The molecule has 2 rings (SSSR count). The summed E-state index contributed by atoms with van der Waals surface area (Å²) in [6.07, 6.45) is 5.63. The zero-order valence-corrected chi connectivity index (χ0v) is 11.6. The van der Waals surface area contributed by atoms with E-state index in [1.54, 1.807) is 0 Å². The minimum absolute atomic E-state index is 0.336. The van der Waals surface area contributed by atoms with E-state index in [1.807, 2.05) is 13.0 Å². The minimum atomic E-state index is -0.336. The van der Waals surface area contributed by atoms with Gasteiger partial charge in [-0.05, 0) is 32.3 Å². The summed E-state index contributed by atoms with van der Waals surface area (Å²) in [5, 5.41) is 10.2. The molecule has 18 heavy (non-hydrogen) atoms. The summed E-state index contributed by atoms with van der Waals surface area (Å²) in [6, 6.07) is 8.92. The van der Waals surface area contributed by atoms with Crippen molar-refractivity contribution in [1.29, 1.82) is 0 Å². The summed E-state index contributed by atoms with van der Waals surface area (Å²) in [5.74, 6) is 0. The van der Waals surface area contributed by atoms with E-state index in [-0.39, 0.29) is 6.10 Å². The first-order chi connectivity index (χ1) is 8.74. The Balaban J connectivity index is 2.30. The minimum Gasteiger partial charge on any atom is -0.388 e. The molecule has 100 valence electrons. The monoisotopic (exact) mass is 247 g/mol. The van der Waals surface area contributed by atoms with E-state index in [1.165, 1.54) is 31.4 Å². The van der Waals surface area contributed by atoms with Gasteiger partial charge in [0, 0.05) is 23.8 Å². The standard InChI is InChI=1S/C16H25NO/c1-3-16(18)14-10-6-7-11-15(14)17-12-8-4-5-9-13(17)2/h6-7,10-11,13,16,18H,3-5,8-9,12H2,1-2H3/t13?,16-/m0/s1. The molecule has 2 atom stereocenters. The first kappa shape index (κ1) is 13.4. The van der Waals surface area contributed by atoms with Gasteiger partial charge in [0.2, 0.25) is 0 Å². The summed E-state index contributed by atoms with van der Waals surface area (Å²) in [5.41, 5.74) is 2.33. The van der Waals surface area contributed by atoms with Crippen molar-refractivity contribution in [3.63, 3.8) is 0 Å². The summed E-state index contributed by atoms with van der Waals surface area (Å²) in [6.45, 7) is 5.46. The van der Waals surface area contributed by atoms with E-state index in [4.69, 9.17) is 0 Å². The summed E-state index contributed by atoms with van der Waals surface area (Å²) < 4.78 is 0. The number of rotatable bonds is 3. The van der Waals surface area contributed by atoms with E-state index >= 15 is 0 Å². The molecule has 1 saturated heterocycles. The molecule has 1 unspecified atom stereocenters. The van der Waals surface area contributed by atoms with E-state index < -0.39 is 0 Å². The second-order valence-corrected chi connectivity index (χ2v) is 5.37. The largest absolute Gasteiger partial charge is 0.388 e. The van der Waals surface area contributed by atoms with Crippen LogP contribution in [0.25, 0.3) is 0 Å². The van der Waals surface area contributed by atoms with Crippen LogP contribution >= 0.6 is 0 Å². The van der Waals surface area contributed by atoms with E-state index in [0.29, 0.717) is 6.04 Å². The molecular formula is C16H25NO. The predicted molar refractivity (Wildman–Crippen MR) is 77.0 cm³/mol. The van der Waals surface area contributed by atoms with Gasteiger partial charge in [-0.15, -0.1) is 0 Å². The topological polar surface area (TPSA) is 23.5 Å². The molecule has 1 aromatic rings. The number of nitrogens with zero attached hydrogens (tertiary/aromatic N) is 1. The summed E-state index contributed by atoms with van der Waals surface area (Å²) >= 11 is 0. The molecule has 0 saturated carbocycles. The molecule has 0 aromatic heterocycles. The van der Waals surface area contributed by atoms with Crippen molar-refractivity contribution < 1.29 is 5.11 Å². The first-order valence-corrected chi connectivity index (χ1v) is 7.27. The maximum atomic E-state index is 10.2. The summed E-state index contributed by atoms with van der Waals surface area (Å²) in [7, 11) is 0. The number of aliphatic hydroxyl groups excluding tert-OH is 1. The van der Waals surface area contributed by atoms with Gasteiger partial charge in [0.05, 0.1) is 6.10 Å². The Morgan fingerprint density at radius 3 is 2.83 bits per heavy atom. The fourth-order valence-electron chi connectivity index (χ4n) is 2.88. The molecule has 1 heterocycles. The van der Waals surface area contributed by atoms with Crippen molar-refractivity contribution in [3.8, 4) is 0 Å². The molecule has 2 heteroatoms. The SMILES string of the molecule is CC[C@H](O)c1ccccc1N1CCCCCC1C. The van der Waals surface area contributed by atoms with Crippen LogP contribution < -0.4 is 4.90 Å². The maximum absolute atomic E-state index is 10.2. The number of hydrogen-bond donors (Lipinski definition) is 1. The molecule has 1 aromatic carbocycles. The molecule has 0 bridgehead atoms. The van der Waals surface area contributed by atoms with Crippen molar-refractivity contribution in [2.24, 2.45) is 0 Å². The highest BCUT2D eigenvalue weighted by Crippen LogP contribution is 2.31. The molecule has 1 N–H and O–H groups in total. The zero-order chi connectivity index (χ0) is 13.0. The van der Waals surface area contributed by atoms with Crippen LogP contribution in [0.4, 0.5) is 5.69 Å². The van der Waals surface area contributed by atoms with Crippen LogP contribution in [0.1, 0.15) is 57.6 Å². The molecule has 1 aliphatic heterocycles. The van der Waals surface area contributed by atoms with Crippen molar-refractivity contribution in [1.82, 2.24) is 0 Å². The Labute approximate surface area is 111 Å². The number of anilines is 1. The second-order valence-electron chi connectivity index (χ2n) is 5.37. The number of aliphatic hydroxyl groups is 1. The highest BCUT2D eigenvalue weighted by Gasteiger charge is 2.21. The Kier molecular flexibility index (Phi) is 4.65. The molecule has 0 aliphatic carbocycles. The Hall–Kier alpha value is -1.02. The molecule has 1 fully saturated rings. The van der Waals surface area contributed by atoms with Gasteiger partial charge >= 0.3 is 0 Å². The van der Waals surface area contributed by atoms with Gasteiger partial charge in [0.25, 0.3) is 0 Å². The predicted octanol–water partition coefficient (Wildman–Crippen LogP) is 3.90. The number of benzene rings is 1. The van der Waals surface area contributed by atoms with Gasteiger partial charge in [-0.1, -0.05) is 38.0 Å². The van der Waals surface area contributed by atoms with Gasteiger partial charge in [0.1, 0.15) is 0 Å². The van der Waals surface area contributed by atoms with Crippen LogP contribution in [0.5, 0.6) is 0 Å². The van der Waals surface area contributed by atoms with Crippen molar-refractivity contribution in [2.45, 2.75) is 58.1 Å². The lowest BCUT2D eigenvalue weighted by Crippen LogP contribution is -2.33. The van der Waals surface area contributed by atoms with Crippen molar-refractivity contribution in [2.75, 3.05) is 11.4 Å². The van der Waals surface area contributed by atoms with Gasteiger partial charge in [-0.25, -0.2) is 0 Å². The van der Waals surface area contributed by atoms with Crippen LogP contribution in [-0.2, 0) is 0 Å². The van der Waals surface area contributed by atoms with Crippen molar-refractivity contribution in [3.05, 3.63) is 29.8 Å². The van der Waals surface area contributed by atoms with Gasteiger partial charge < -0.3 is 10.0 Å². The lowest BCUT2D eigenvalue weighted by Gasteiger charge is -2.32. The van der Waals surface area contributed by atoms with E-state index in [0.717, 1.165) is 18.5 Å². The molecule has 0 radical (unpaired) electrons. The fraction of sp³-hybridized carbons (Fsp3) is 0.625. The third kappa shape index (κ3) is 2.86. The molecular weight excluding hydrogens is 222 g/mol. The van der Waals surface area contributed by atoms with Crippen LogP contribution in [0.3, 0.4) is 0 Å². The molecule has 0 spiro atoms.